The van der Waals surface area contributed by atoms with E-state index in [0.29, 0.717) is 55.4 Å². The predicted molar refractivity (Wildman–Crippen MR) is 151 cm³/mol. The molecule has 5 heterocycles. The molecular formula is C28H40N8O7. The molecule has 5 atom stereocenters. The largest absolute Gasteiger partial charge is 0.449 e. The molecule has 2 unspecified atom stereocenters. The van der Waals surface area contributed by atoms with E-state index in [2.05, 4.69) is 20.3 Å². The number of hydrogen-bond acceptors (Lipinski definition) is 11. The first-order valence-electron chi connectivity index (χ1n) is 15.2. The van der Waals surface area contributed by atoms with Crippen molar-refractivity contribution in [1.29, 1.82) is 0 Å². The number of aryl methyl sites for hydroxylation is 1. The molecule has 3 amide bonds. The molecule has 0 radical (unpaired) electrons. The minimum atomic E-state index is -1.40. The first kappa shape index (κ1) is 29.5. The van der Waals surface area contributed by atoms with Crippen LogP contribution in [0, 0.1) is 11.8 Å². The average molecular weight is 601 g/mol. The van der Waals surface area contributed by atoms with Gasteiger partial charge in [-0.25, -0.2) is 19.7 Å². The molecule has 15 nitrogen and oxygen atoms in total. The molecule has 1 saturated carbocycles. The van der Waals surface area contributed by atoms with Gasteiger partial charge in [0.15, 0.2) is 23.8 Å². The Morgan fingerprint density at radius 1 is 1.12 bits per heavy atom. The van der Waals surface area contributed by atoms with Crippen LogP contribution < -0.4 is 11.1 Å². The van der Waals surface area contributed by atoms with Crippen LogP contribution in [0.1, 0.15) is 57.0 Å². The third-order valence-corrected chi connectivity index (χ3v) is 9.02. The number of likely N-dealkylation sites (tertiary alicyclic amines) is 2. The number of carbonyl (C=O) groups is 3. The van der Waals surface area contributed by atoms with Gasteiger partial charge in [-0.1, -0.05) is 0 Å². The highest BCUT2D eigenvalue weighted by Crippen LogP contribution is 2.33. The fourth-order valence-electron chi connectivity index (χ4n) is 6.17. The minimum absolute atomic E-state index is 0.0333. The summed E-state index contributed by atoms with van der Waals surface area (Å²) in [6, 6.07) is 0.0924. The van der Waals surface area contributed by atoms with E-state index in [1.165, 1.54) is 10.9 Å². The van der Waals surface area contributed by atoms with Crippen LogP contribution >= 0.6 is 0 Å². The van der Waals surface area contributed by atoms with E-state index in [-0.39, 0.29) is 36.4 Å². The normalized spacial score (nSPS) is 28.2. The number of rotatable bonds is 9. The van der Waals surface area contributed by atoms with Crippen molar-refractivity contribution >= 4 is 34.9 Å². The lowest BCUT2D eigenvalue weighted by molar-refractivity contribution is -0.137. The maximum Gasteiger partial charge on any atom is 0.409 e. The zero-order valence-corrected chi connectivity index (χ0v) is 24.3. The number of carbonyl (C=O) groups excluding carboxylic acids is 3. The summed E-state index contributed by atoms with van der Waals surface area (Å²) < 4.78 is 12.7. The molecule has 234 valence electrons. The molecule has 0 spiro atoms. The Hall–Kier alpha value is -3.56. The summed E-state index contributed by atoms with van der Waals surface area (Å²) >= 11 is 0. The number of hydrogen-bond donors (Lipinski definition) is 4. The fraction of sp³-hybridized carbons (Fsp3) is 0.714. The Morgan fingerprint density at radius 3 is 2.58 bits per heavy atom. The molecule has 4 fully saturated rings. The van der Waals surface area contributed by atoms with Crippen LogP contribution in [0.3, 0.4) is 0 Å². The molecule has 6 rings (SSSR count). The Morgan fingerprint density at radius 2 is 1.88 bits per heavy atom. The van der Waals surface area contributed by atoms with Crippen LogP contribution in [0.2, 0.25) is 0 Å². The van der Waals surface area contributed by atoms with Gasteiger partial charge in [-0.3, -0.25) is 14.2 Å². The average Bonchev–Trinajstić information content (AvgIpc) is 3.51. The van der Waals surface area contributed by atoms with E-state index in [4.69, 9.17) is 15.2 Å². The lowest BCUT2D eigenvalue weighted by Crippen LogP contribution is -2.43. The van der Waals surface area contributed by atoms with Crippen molar-refractivity contribution in [2.24, 2.45) is 11.8 Å². The molecule has 1 aliphatic carbocycles. The molecule has 5 N–H and O–H groups in total. The van der Waals surface area contributed by atoms with Crippen LogP contribution in [0.4, 0.5) is 10.6 Å². The standard InChI is InChI=1S/C28H40N8O7/c1-34-10-9-16(26(34)40)13-42-28(41)35-11-7-15(8-12-35)3-2-4-18-32-23(29)19-24(33-18)36(14-30-19)27-21(38)20(37)22(43-27)25(39)31-17-5-6-17/h14-17,20-22,27,37-38H,2-13H2,1H3,(H,31,39)(H2,29,32,33)/t16?,20?,21-,22-,27+/m0/s1. The molecular weight excluding hydrogens is 560 g/mol. The van der Waals surface area contributed by atoms with E-state index in [1.54, 1.807) is 16.8 Å². The van der Waals surface area contributed by atoms with Gasteiger partial charge in [-0.15, -0.1) is 0 Å². The summed E-state index contributed by atoms with van der Waals surface area (Å²) in [4.78, 5) is 53.8. The van der Waals surface area contributed by atoms with Gasteiger partial charge < -0.3 is 40.5 Å². The Bertz CT molecular complexity index is 1360. The van der Waals surface area contributed by atoms with Crippen molar-refractivity contribution in [2.45, 2.75) is 81.9 Å². The molecule has 15 heteroatoms. The van der Waals surface area contributed by atoms with Crippen LogP contribution in [0.5, 0.6) is 0 Å². The summed E-state index contributed by atoms with van der Waals surface area (Å²) in [5.41, 5.74) is 6.90. The van der Waals surface area contributed by atoms with Crippen molar-refractivity contribution in [3.8, 4) is 0 Å². The van der Waals surface area contributed by atoms with Gasteiger partial charge in [0.2, 0.25) is 5.91 Å². The topological polar surface area (TPSA) is 198 Å². The van der Waals surface area contributed by atoms with Crippen molar-refractivity contribution in [3.05, 3.63) is 12.2 Å². The van der Waals surface area contributed by atoms with Crippen molar-refractivity contribution in [2.75, 3.05) is 39.0 Å². The molecule has 3 saturated heterocycles. The summed E-state index contributed by atoms with van der Waals surface area (Å²) in [6.07, 6.45) is 2.59. The molecule has 4 aliphatic rings. The quantitative estimate of drug-likeness (QED) is 0.301. The Balaban J connectivity index is 0.999. The van der Waals surface area contributed by atoms with E-state index in [1.807, 2.05) is 0 Å². The number of aliphatic hydroxyl groups is 2. The molecule has 0 aromatic carbocycles. The zero-order chi connectivity index (χ0) is 30.2. The molecule has 2 aromatic heterocycles. The number of anilines is 1. The number of nitrogens with zero attached hydrogens (tertiary/aromatic N) is 6. The summed E-state index contributed by atoms with van der Waals surface area (Å²) in [5.74, 6) is 0.517. The highest BCUT2D eigenvalue weighted by Gasteiger charge is 2.48. The van der Waals surface area contributed by atoms with Gasteiger partial charge >= 0.3 is 6.09 Å². The third kappa shape index (κ3) is 6.24. The Labute approximate surface area is 248 Å². The van der Waals surface area contributed by atoms with Gasteiger partial charge in [-0.2, -0.15) is 0 Å². The fourth-order valence-corrected chi connectivity index (χ4v) is 6.17. The first-order valence-corrected chi connectivity index (χ1v) is 15.2. The van der Waals surface area contributed by atoms with Gasteiger partial charge in [0, 0.05) is 39.1 Å². The number of ether oxygens (including phenoxy) is 2. The second-order valence-corrected chi connectivity index (χ2v) is 12.2. The second kappa shape index (κ2) is 12.2. The maximum atomic E-state index is 12.5. The summed E-state index contributed by atoms with van der Waals surface area (Å²) in [7, 11) is 1.76. The monoisotopic (exact) mass is 600 g/mol. The number of fused-ring (bicyclic) bond motifs is 1. The Kier molecular flexibility index (Phi) is 8.38. The van der Waals surface area contributed by atoms with Crippen molar-refractivity contribution < 1.29 is 34.1 Å². The molecule has 2 aromatic rings. The van der Waals surface area contributed by atoms with Crippen LogP contribution in [0.15, 0.2) is 6.33 Å². The SMILES string of the molecule is CN1CCC(COC(=O)N2CCC(CCCc3nc(N)c4ncn([C@@H]5O[C@H](C(=O)NC6CC6)C(O)[C@@H]5O)c4n3)CC2)C1=O. The number of amides is 3. The highest BCUT2D eigenvalue weighted by atomic mass is 16.6. The lowest BCUT2D eigenvalue weighted by atomic mass is 9.91. The number of nitrogens with two attached hydrogens (primary N) is 1. The number of aromatic nitrogens is 4. The molecule has 3 aliphatic heterocycles. The van der Waals surface area contributed by atoms with E-state index in [9.17, 15) is 24.6 Å². The van der Waals surface area contributed by atoms with E-state index >= 15 is 0 Å². The van der Waals surface area contributed by atoms with Crippen LogP contribution in [-0.2, 0) is 25.5 Å². The first-order chi connectivity index (χ1) is 20.7. The predicted octanol–water partition coefficient (Wildman–Crippen LogP) is -0.0441. The van der Waals surface area contributed by atoms with E-state index in [0.717, 1.165) is 38.5 Å². The number of imidazole rings is 1. The van der Waals surface area contributed by atoms with Crippen LogP contribution in [0.25, 0.3) is 11.2 Å². The smallest absolute Gasteiger partial charge is 0.409 e. The highest BCUT2D eigenvalue weighted by molar-refractivity contribution is 5.83. The maximum absolute atomic E-state index is 12.5. The third-order valence-electron chi connectivity index (χ3n) is 9.02. The van der Waals surface area contributed by atoms with Crippen molar-refractivity contribution in [1.82, 2.24) is 34.6 Å². The zero-order valence-electron chi connectivity index (χ0n) is 24.3. The van der Waals surface area contributed by atoms with Gasteiger partial charge in [0.05, 0.1) is 12.2 Å². The number of aliphatic hydroxyl groups excluding tert-OH is 2. The number of nitrogens with one attached hydrogen (secondary N) is 1. The minimum Gasteiger partial charge on any atom is -0.449 e. The molecule has 43 heavy (non-hydrogen) atoms. The summed E-state index contributed by atoms with van der Waals surface area (Å²) in [6.45, 7) is 2.07. The lowest BCUT2D eigenvalue weighted by Gasteiger charge is -2.31. The van der Waals surface area contributed by atoms with Gasteiger partial charge in [-0.05, 0) is 50.9 Å². The van der Waals surface area contributed by atoms with Crippen molar-refractivity contribution in [3.63, 3.8) is 0 Å². The van der Waals surface area contributed by atoms with Crippen LogP contribution in [-0.4, -0.2) is 115 Å². The number of piperidine rings is 1. The molecule has 0 bridgehead atoms. The van der Waals surface area contributed by atoms with E-state index < -0.39 is 30.4 Å². The summed E-state index contributed by atoms with van der Waals surface area (Å²) in [5, 5.41) is 24.0. The second-order valence-electron chi connectivity index (χ2n) is 12.2. The van der Waals surface area contributed by atoms with Gasteiger partial charge in [0.25, 0.3) is 5.91 Å². The van der Waals surface area contributed by atoms with Gasteiger partial charge in [0.1, 0.15) is 30.2 Å². The number of nitrogen functional groups attached to an aromatic ring is 1.